The maximum atomic E-state index is 8.95. The summed E-state index contributed by atoms with van der Waals surface area (Å²) in [6.45, 7) is 0.375. The van der Waals surface area contributed by atoms with Crippen LogP contribution >= 0.6 is 11.6 Å². The molecule has 3 nitrogen and oxygen atoms in total. The number of methoxy groups -OCH3 is 1. The lowest BCUT2D eigenvalue weighted by atomic mass is 10.3. The van der Waals surface area contributed by atoms with E-state index < -0.39 is 0 Å². The minimum absolute atomic E-state index is 0.375. The van der Waals surface area contributed by atoms with Crippen molar-refractivity contribution in [3.05, 3.63) is 29.3 Å². The van der Waals surface area contributed by atoms with Gasteiger partial charge in [0.05, 0.1) is 7.11 Å². The Bertz CT molecular complexity index is 223. The molecule has 0 heterocycles. The number of ether oxygens (including phenoxy) is 1. The van der Waals surface area contributed by atoms with E-state index in [4.69, 9.17) is 22.1 Å². The minimum atomic E-state index is 0.375. The molecule has 0 unspecified atom stereocenters. The predicted molar refractivity (Wildman–Crippen MR) is 48.9 cm³/mol. The van der Waals surface area contributed by atoms with Gasteiger partial charge in [-0.25, -0.2) is 0 Å². The van der Waals surface area contributed by atoms with Gasteiger partial charge in [0.1, 0.15) is 0 Å². The molecule has 1 rings (SSSR count). The van der Waals surface area contributed by atoms with Crippen LogP contribution in [0.1, 0.15) is 0 Å². The van der Waals surface area contributed by atoms with Gasteiger partial charge in [-0.3, -0.25) is 4.79 Å². The van der Waals surface area contributed by atoms with Crippen molar-refractivity contribution in [3.8, 4) is 0 Å². The molecule has 0 radical (unpaired) electrons. The summed E-state index contributed by atoms with van der Waals surface area (Å²) < 4.78 is 3.86. The Morgan fingerprint density at radius 3 is 2.42 bits per heavy atom. The van der Waals surface area contributed by atoms with Gasteiger partial charge in [0.2, 0.25) is 0 Å². The number of halogens is 1. The van der Waals surface area contributed by atoms with Gasteiger partial charge in [-0.15, -0.1) is 0 Å². The number of hydrogen-bond donors (Lipinski definition) is 1. The van der Waals surface area contributed by atoms with E-state index in [0.29, 0.717) is 17.2 Å². The normalized spacial score (nSPS) is 7.83. The topological polar surface area (TPSA) is 52.3 Å². The molecule has 0 saturated heterocycles. The third-order valence-electron chi connectivity index (χ3n) is 0.945. The molecule has 4 heteroatoms. The van der Waals surface area contributed by atoms with Gasteiger partial charge < -0.3 is 10.5 Å². The SMILES string of the molecule is COC=O.Nc1cccc(Cl)c1. The van der Waals surface area contributed by atoms with Crippen LogP contribution < -0.4 is 5.73 Å². The molecule has 0 bridgehead atoms. The maximum Gasteiger partial charge on any atom is 0.292 e. The molecule has 66 valence electrons. The molecule has 1 aromatic carbocycles. The second-order valence-electron chi connectivity index (χ2n) is 1.89. The molecule has 12 heavy (non-hydrogen) atoms. The fourth-order valence-electron chi connectivity index (χ4n) is 0.507. The highest BCUT2D eigenvalue weighted by molar-refractivity contribution is 6.30. The van der Waals surface area contributed by atoms with Gasteiger partial charge in [-0.05, 0) is 18.2 Å². The van der Waals surface area contributed by atoms with Crippen molar-refractivity contribution in [2.45, 2.75) is 0 Å². The molecule has 0 fully saturated rings. The average molecular weight is 188 g/mol. The molecule has 0 aliphatic rings. The van der Waals surface area contributed by atoms with Crippen LogP contribution in [0.4, 0.5) is 5.69 Å². The van der Waals surface area contributed by atoms with Crippen LogP contribution in [0.2, 0.25) is 5.02 Å². The highest BCUT2D eigenvalue weighted by Crippen LogP contribution is 2.10. The summed E-state index contributed by atoms with van der Waals surface area (Å²) in [6, 6.07) is 7.11. The number of hydrogen-bond acceptors (Lipinski definition) is 3. The number of nitrogens with two attached hydrogens (primary N) is 1. The Morgan fingerprint density at radius 1 is 1.58 bits per heavy atom. The van der Waals surface area contributed by atoms with Crippen LogP contribution in [-0.4, -0.2) is 13.6 Å². The van der Waals surface area contributed by atoms with Crippen molar-refractivity contribution >= 4 is 23.8 Å². The van der Waals surface area contributed by atoms with Crippen molar-refractivity contribution in [2.24, 2.45) is 0 Å². The van der Waals surface area contributed by atoms with Crippen molar-refractivity contribution in [1.29, 1.82) is 0 Å². The first kappa shape index (κ1) is 10.8. The van der Waals surface area contributed by atoms with Crippen LogP contribution in [0.15, 0.2) is 24.3 Å². The molecule has 0 amide bonds. The van der Waals surface area contributed by atoms with Crippen molar-refractivity contribution in [2.75, 3.05) is 12.8 Å². The second kappa shape index (κ2) is 6.49. The summed E-state index contributed by atoms with van der Waals surface area (Å²) in [7, 11) is 1.31. The molecule has 0 saturated carbocycles. The third-order valence-corrected chi connectivity index (χ3v) is 1.18. The van der Waals surface area contributed by atoms with Gasteiger partial charge in [0, 0.05) is 10.7 Å². The Morgan fingerprint density at radius 2 is 2.17 bits per heavy atom. The summed E-state index contributed by atoms with van der Waals surface area (Å²) in [6.07, 6.45) is 0. The third kappa shape index (κ3) is 5.56. The zero-order chi connectivity index (χ0) is 9.40. The van der Waals surface area contributed by atoms with E-state index in [9.17, 15) is 0 Å². The quantitative estimate of drug-likeness (QED) is 0.538. The van der Waals surface area contributed by atoms with E-state index >= 15 is 0 Å². The first-order valence-electron chi connectivity index (χ1n) is 3.18. The van der Waals surface area contributed by atoms with E-state index in [-0.39, 0.29) is 0 Å². The molecular formula is C8H10ClNO2. The zero-order valence-corrected chi connectivity index (χ0v) is 7.41. The Hall–Kier alpha value is -1.22. The smallest absolute Gasteiger partial charge is 0.292 e. The number of rotatable bonds is 1. The predicted octanol–water partition coefficient (Wildman–Crippen LogP) is 1.71. The number of carbonyl (C=O) groups excluding carboxylic acids is 1. The molecular weight excluding hydrogens is 178 g/mol. The van der Waals surface area contributed by atoms with E-state index in [1.807, 2.05) is 6.07 Å². The molecule has 0 aliphatic heterocycles. The van der Waals surface area contributed by atoms with Crippen LogP contribution in [-0.2, 0) is 9.53 Å². The van der Waals surface area contributed by atoms with Gasteiger partial charge in [-0.1, -0.05) is 17.7 Å². The summed E-state index contributed by atoms with van der Waals surface area (Å²) >= 11 is 5.56. The standard InChI is InChI=1S/C6H6ClN.C2H4O2/c7-5-2-1-3-6(8)4-5;1-4-2-3/h1-4H,8H2;2H,1H3. The van der Waals surface area contributed by atoms with Crippen molar-refractivity contribution in [3.63, 3.8) is 0 Å². The lowest BCUT2D eigenvalue weighted by Gasteiger charge is -1.89. The largest absolute Gasteiger partial charge is 0.471 e. The van der Waals surface area contributed by atoms with Crippen molar-refractivity contribution in [1.82, 2.24) is 0 Å². The zero-order valence-electron chi connectivity index (χ0n) is 6.66. The second-order valence-corrected chi connectivity index (χ2v) is 2.32. The van der Waals surface area contributed by atoms with Gasteiger partial charge >= 0.3 is 0 Å². The molecule has 0 spiro atoms. The van der Waals surface area contributed by atoms with E-state index in [1.165, 1.54) is 7.11 Å². The number of anilines is 1. The molecule has 0 atom stereocenters. The lowest BCUT2D eigenvalue weighted by Crippen LogP contribution is -1.80. The van der Waals surface area contributed by atoms with Crippen LogP contribution in [0.5, 0.6) is 0 Å². The highest BCUT2D eigenvalue weighted by atomic mass is 35.5. The van der Waals surface area contributed by atoms with Gasteiger partial charge in [-0.2, -0.15) is 0 Å². The Kier molecular flexibility index (Phi) is 5.83. The monoisotopic (exact) mass is 187 g/mol. The summed E-state index contributed by atoms with van der Waals surface area (Å²) in [5.41, 5.74) is 6.08. The van der Waals surface area contributed by atoms with Crippen LogP contribution in [0, 0.1) is 0 Å². The average Bonchev–Trinajstić information content (AvgIpc) is 2.04. The minimum Gasteiger partial charge on any atom is -0.471 e. The highest BCUT2D eigenvalue weighted by Gasteiger charge is 1.83. The van der Waals surface area contributed by atoms with Crippen LogP contribution in [0.3, 0.4) is 0 Å². The lowest BCUT2D eigenvalue weighted by molar-refractivity contribution is -0.126. The molecule has 0 aromatic heterocycles. The Labute approximate surface area is 76.1 Å². The Balaban J connectivity index is 0.000000261. The fraction of sp³-hybridized carbons (Fsp3) is 0.125. The summed E-state index contributed by atoms with van der Waals surface area (Å²) in [5.74, 6) is 0. The first-order valence-corrected chi connectivity index (χ1v) is 3.56. The van der Waals surface area contributed by atoms with E-state index in [1.54, 1.807) is 18.2 Å². The number of nitrogen functional groups attached to an aromatic ring is 1. The number of carbonyl (C=O) groups is 1. The molecule has 1 aromatic rings. The van der Waals surface area contributed by atoms with Gasteiger partial charge in [0.25, 0.3) is 6.47 Å². The fourth-order valence-corrected chi connectivity index (χ4v) is 0.705. The number of benzene rings is 1. The van der Waals surface area contributed by atoms with Crippen LogP contribution in [0.25, 0.3) is 0 Å². The summed E-state index contributed by atoms with van der Waals surface area (Å²) in [5, 5.41) is 0.685. The summed E-state index contributed by atoms with van der Waals surface area (Å²) in [4.78, 5) is 8.95. The van der Waals surface area contributed by atoms with E-state index in [2.05, 4.69) is 4.74 Å². The molecule has 0 aliphatic carbocycles. The van der Waals surface area contributed by atoms with Crippen molar-refractivity contribution < 1.29 is 9.53 Å². The van der Waals surface area contributed by atoms with Gasteiger partial charge in [0.15, 0.2) is 0 Å². The maximum absolute atomic E-state index is 8.95. The van der Waals surface area contributed by atoms with E-state index in [0.717, 1.165) is 0 Å². The first-order chi connectivity index (χ1) is 5.70. The molecule has 2 N–H and O–H groups in total.